The van der Waals surface area contributed by atoms with Crippen LogP contribution in [0.25, 0.3) is 10.9 Å². The fourth-order valence-electron chi connectivity index (χ4n) is 3.97. The van der Waals surface area contributed by atoms with Crippen molar-refractivity contribution in [1.82, 2.24) is 9.88 Å². The number of piperidine rings is 1. The molecule has 4 rings (SSSR count). The first kappa shape index (κ1) is 18.5. The highest BCUT2D eigenvalue weighted by molar-refractivity contribution is 6.00. The maximum Gasteiger partial charge on any atom is 0.272 e. The molecule has 0 bridgehead atoms. The van der Waals surface area contributed by atoms with Gasteiger partial charge < -0.3 is 10.2 Å². The number of pyridine rings is 1. The second-order valence-corrected chi connectivity index (χ2v) is 8.07. The van der Waals surface area contributed by atoms with Gasteiger partial charge in [0.1, 0.15) is 5.69 Å². The minimum atomic E-state index is 0.0290. The van der Waals surface area contributed by atoms with E-state index in [1.165, 1.54) is 17.5 Å². The molecule has 144 valence electrons. The Hall–Kier alpha value is -2.88. The van der Waals surface area contributed by atoms with E-state index in [0.29, 0.717) is 11.6 Å². The molecule has 0 saturated carbocycles. The Morgan fingerprint density at radius 3 is 2.71 bits per heavy atom. The van der Waals surface area contributed by atoms with Gasteiger partial charge in [0.25, 0.3) is 5.91 Å². The van der Waals surface area contributed by atoms with Crippen molar-refractivity contribution in [1.29, 1.82) is 0 Å². The molecule has 4 heteroatoms. The summed E-state index contributed by atoms with van der Waals surface area (Å²) in [5.41, 5.74) is 5.66. The number of fused-ring (bicyclic) bond motifs is 1. The molecule has 4 nitrogen and oxygen atoms in total. The molecule has 1 aliphatic heterocycles. The highest BCUT2D eigenvalue weighted by Crippen LogP contribution is 2.29. The molecular weight excluding hydrogens is 346 g/mol. The second kappa shape index (κ2) is 7.63. The Morgan fingerprint density at radius 1 is 1.11 bits per heavy atom. The van der Waals surface area contributed by atoms with Gasteiger partial charge in [-0.25, -0.2) is 4.98 Å². The van der Waals surface area contributed by atoms with E-state index in [1.807, 2.05) is 35.2 Å². The summed E-state index contributed by atoms with van der Waals surface area (Å²) in [6.07, 6.45) is 2.25. The maximum atomic E-state index is 13.2. The zero-order chi connectivity index (χ0) is 19.7. The molecule has 1 aliphatic rings. The molecule has 0 spiro atoms. The molecule has 1 N–H and O–H groups in total. The molecule has 28 heavy (non-hydrogen) atoms. The molecule has 0 unspecified atom stereocenters. The van der Waals surface area contributed by atoms with Crippen molar-refractivity contribution in [2.75, 3.05) is 18.4 Å². The Bertz CT molecular complexity index is 1030. The van der Waals surface area contributed by atoms with Crippen LogP contribution in [-0.2, 0) is 0 Å². The van der Waals surface area contributed by atoms with Crippen LogP contribution in [0, 0.1) is 19.8 Å². The van der Waals surface area contributed by atoms with Crippen LogP contribution in [0.4, 0.5) is 11.4 Å². The fourth-order valence-corrected chi connectivity index (χ4v) is 3.97. The average Bonchev–Trinajstić information content (AvgIpc) is 2.67. The van der Waals surface area contributed by atoms with E-state index in [4.69, 9.17) is 4.98 Å². The van der Waals surface area contributed by atoms with Crippen molar-refractivity contribution < 1.29 is 4.79 Å². The van der Waals surface area contributed by atoms with Gasteiger partial charge in [-0.3, -0.25) is 4.79 Å². The number of anilines is 2. The predicted molar refractivity (Wildman–Crippen MR) is 115 cm³/mol. The third-order valence-electron chi connectivity index (χ3n) is 5.42. The number of benzene rings is 2. The van der Waals surface area contributed by atoms with Crippen molar-refractivity contribution in [3.63, 3.8) is 0 Å². The largest absolute Gasteiger partial charge is 0.355 e. The summed E-state index contributed by atoms with van der Waals surface area (Å²) in [5.74, 6) is 0.576. The van der Waals surface area contributed by atoms with Crippen molar-refractivity contribution in [3.05, 3.63) is 65.4 Å². The molecule has 3 aromatic rings. The maximum absolute atomic E-state index is 13.2. The minimum Gasteiger partial charge on any atom is -0.355 e. The number of likely N-dealkylation sites (tertiary alicyclic amines) is 1. The molecular formula is C24H27N3O. The van der Waals surface area contributed by atoms with E-state index < -0.39 is 0 Å². The van der Waals surface area contributed by atoms with Gasteiger partial charge in [-0.05, 0) is 68.5 Å². The lowest BCUT2D eigenvalue weighted by Gasteiger charge is -2.30. The smallest absolute Gasteiger partial charge is 0.272 e. The Morgan fingerprint density at radius 2 is 1.93 bits per heavy atom. The zero-order valence-electron chi connectivity index (χ0n) is 16.8. The van der Waals surface area contributed by atoms with Crippen LogP contribution in [-0.4, -0.2) is 28.9 Å². The monoisotopic (exact) mass is 373 g/mol. The number of aromatic nitrogens is 1. The molecule has 2 heterocycles. The summed E-state index contributed by atoms with van der Waals surface area (Å²) in [4.78, 5) is 19.8. The number of hydrogen-bond acceptors (Lipinski definition) is 3. The number of hydrogen-bond donors (Lipinski definition) is 1. The van der Waals surface area contributed by atoms with Gasteiger partial charge in [0, 0.05) is 24.2 Å². The summed E-state index contributed by atoms with van der Waals surface area (Å²) in [5, 5.41) is 4.54. The number of aryl methyl sites for hydroxylation is 2. The lowest BCUT2D eigenvalue weighted by atomic mass is 10.00. The van der Waals surface area contributed by atoms with E-state index in [0.717, 1.165) is 41.8 Å². The summed E-state index contributed by atoms with van der Waals surface area (Å²) in [6, 6.07) is 16.3. The summed E-state index contributed by atoms with van der Waals surface area (Å²) in [7, 11) is 0. The van der Waals surface area contributed by atoms with Gasteiger partial charge in [0.15, 0.2) is 0 Å². The SMILES string of the molecule is Cc1cccc(Nc2cc(C(=O)N3CCC[C@@H](C)C3)nc3ccc(C)cc23)c1. The first-order chi connectivity index (χ1) is 13.5. The topological polar surface area (TPSA) is 45.2 Å². The van der Waals surface area contributed by atoms with Gasteiger partial charge in [-0.1, -0.05) is 30.7 Å². The molecule has 0 aliphatic carbocycles. The number of carbonyl (C=O) groups is 1. The number of rotatable bonds is 3. The molecule has 0 radical (unpaired) electrons. The molecule has 1 atom stereocenters. The molecule has 2 aromatic carbocycles. The van der Waals surface area contributed by atoms with Crippen molar-refractivity contribution in [2.24, 2.45) is 5.92 Å². The van der Waals surface area contributed by atoms with E-state index >= 15 is 0 Å². The van der Waals surface area contributed by atoms with Crippen LogP contribution in [0.5, 0.6) is 0 Å². The molecule has 1 aromatic heterocycles. The zero-order valence-corrected chi connectivity index (χ0v) is 16.8. The van der Waals surface area contributed by atoms with Crippen LogP contribution in [0.1, 0.15) is 41.4 Å². The lowest BCUT2D eigenvalue weighted by Crippen LogP contribution is -2.39. The third kappa shape index (κ3) is 3.86. The van der Waals surface area contributed by atoms with Gasteiger partial charge in [-0.2, -0.15) is 0 Å². The van der Waals surface area contributed by atoms with Crippen molar-refractivity contribution in [3.8, 4) is 0 Å². The molecule has 1 amide bonds. The van der Waals surface area contributed by atoms with Crippen LogP contribution < -0.4 is 5.32 Å². The highest BCUT2D eigenvalue weighted by Gasteiger charge is 2.24. The Labute approximate surface area is 166 Å². The number of nitrogens with zero attached hydrogens (tertiary/aromatic N) is 2. The van der Waals surface area contributed by atoms with Crippen LogP contribution in [0.2, 0.25) is 0 Å². The van der Waals surface area contributed by atoms with E-state index in [9.17, 15) is 4.79 Å². The van der Waals surface area contributed by atoms with Crippen LogP contribution in [0.15, 0.2) is 48.5 Å². The minimum absolute atomic E-state index is 0.0290. The highest BCUT2D eigenvalue weighted by atomic mass is 16.2. The Kier molecular flexibility index (Phi) is 5.03. The van der Waals surface area contributed by atoms with Gasteiger partial charge in [0.05, 0.1) is 11.2 Å². The van der Waals surface area contributed by atoms with E-state index in [-0.39, 0.29) is 5.91 Å². The number of carbonyl (C=O) groups excluding carboxylic acids is 1. The Balaban J connectivity index is 1.76. The second-order valence-electron chi connectivity index (χ2n) is 8.07. The number of amides is 1. The first-order valence-electron chi connectivity index (χ1n) is 10.0. The number of nitrogens with one attached hydrogen (secondary N) is 1. The van der Waals surface area contributed by atoms with Gasteiger partial charge in [-0.15, -0.1) is 0 Å². The summed E-state index contributed by atoms with van der Waals surface area (Å²) < 4.78 is 0. The molecule has 1 fully saturated rings. The summed E-state index contributed by atoms with van der Waals surface area (Å²) in [6.45, 7) is 7.99. The van der Waals surface area contributed by atoms with Crippen molar-refractivity contribution in [2.45, 2.75) is 33.6 Å². The molecule has 1 saturated heterocycles. The quantitative estimate of drug-likeness (QED) is 0.662. The lowest BCUT2D eigenvalue weighted by molar-refractivity contribution is 0.0677. The first-order valence-corrected chi connectivity index (χ1v) is 10.0. The van der Waals surface area contributed by atoms with Gasteiger partial charge in [0.2, 0.25) is 0 Å². The summed E-state index contributed by atoms with van der Waals surface area (Å²) >= 11 is 0. The van der Waals surface area contributed by atoms with Crippen LogP contribution in [0.3, 0.4) is 0 Å². The fraction of sp³-hybridized carbons (Fsp3) is 0.333. The van der Waals surface area contributed by atoms with Crippen LogP contribution >= 0.6 is 0 Å². The van der Waals surface area contributed by atoms with Gasteiger partial charge >= 0.3 is 0 Å². The van der Waals surface area contributed by atoms with E-state index in [1.54, 1.807) is 0 Å². The normalized spacial score (nSPS) is 17.0. The predicted octanol–water partition coefficient (Wildman–Crippen LogP) is 5.47. The average molecular weight is 374 g/mol. The third-order valence-corrected chi connectivity index (χ3v) is 5.42. The van der Waals surface area contributed by atoms with Crippen molar-refractivity contribution >= 4 is 28.2 Å². The standard InChI is InChI=1S/C24H27N3O/c1-16-6-4-8-19(12-16)25-22-14-23(24(28)27-11-5-7-18(3)15-27)26-21-10-9-17(2)13-20(21)22/h4,6,8-10,12-14,18H,5,7,11,15H2,1-3H3,(H,25,26)/t18-/m1/s1. The van der Waals surface area contributed by atoms with E-state index in [2.05, 4.69) is 44.3 Å².